The molecule has 0 spiro atoms. The molecule has 0 saturated carbocycles. The average molecular weight is 258 g/mol. The van der Waals surface area contributed by atoms with Crippen molar-refractivity contribution < 1.29 is 14.3 Å². The normalized spacial score (nSPS) is 10.3. The minimum Gasteiger partial charge on any atom is -0.496 e. The van der Waals surface area contributed by atoms with Gasteiger partial charge in [-0.1, -0.05) is 11.6 Å². The molecule has 1 rings (SSSR count). The van der Waals surface area contributed by atoms with Gasteiger partial charge >= 0.3 is 6.03 Å². The Bertz CT molecular complexity index is 449. The van der Waals surface area contributed by atoms with Gasteiger partial charge in [0.25, 0.3) is 0 Å². The number of carbonyl (C=O) groups excluding carboxylic acids is 1. The molecule has 0 radical (unpaired) electrons. The van der Waals surface area contributed by atoms with Crippen LogP contribution in [0.4, 0.5) is 4.79 Å². The summed E-state index contributed by atoms with van der Waals surface area (Å²) in [4.78, 5) is 10.4. The summed E-state index contributed by atoms with van der Waals surface area (Å²) in [5.74, 6) is 1.00. The van der Waals surface area contributed by atoms with Gasteiger partial charge in [0.05, 0.1) is 25.5 Å². The van der Waals surface area contributed by atoms with Crippen LogP contribution in [0.3, 0.4) is 0 Å². The highest BCUT2D eigenvalue weighted by atomic mass is 35.5. The van der Waals surface area contributed by atoms with E-state index in [0.29, 0.717) is 22.1 Å². The molecular formula is C10H12ClN3O3. The number of hydrogen-bond acceptors (Lipinski definition) is 4. The fourth-order valence-electron chi connectivity index (χ4n) is 1.15. The Hall–Kier alpha value is -1.95. The van der Waals surface area contributed by atoms with E-state index in [-0.39, 0.29) is 0 Å². The first-order valence-corrected chi connectivity index (χ1v) is 4.96. The van der Waals surface area contributed by atoms with Crippen molar-refractivity contribution in [3.8, 4) is 11.5 Å². The number of ether oxygens (including phenoxy) is 2. The van der Waals surface area contributed by atoms with Crippen LogP contribution in [0.15, 0.2) is 17.2 Å². The molecular weight excluding hydrogens is 246 g/mol. The van der Waals surface area contributed by atoms with Gasteiger partial charge in [-0.15, -0.1) is 0 Å². The van der Waals surface area contributed by atoms with E-state index < -0.39 is 6.03 Å². The van der Waals surface area contributed by atoms with E-state index in [1.54, 1.807) is 12.1 Å². The fraction of sp³-hybridized carbons (Fsp3) is 0.200. The molecule has 1 aromatic rings. The van der Waals surface area contributed by atoms with Gasteiger partial charge in [-0.2, -0.15) is 5.10 Å². The van der Waals surface area contributed by atoms with Crippen LogP contribution in [0, 0.1) is 0 Å². The molecule has 0 aliphatic carbocycles. The Morgan fingerprint density at radius 2 is 2.06 bits per heavy atom. The third kappa shape index (κ3) is 3.53. The molecule has 2 amide bonds. The summed E-state index contributed by atoms with van der Waals surface area (Å²) in [6.07, 6.45) is 1.37. The second-order valence-corrected chi connectivity index (χ2v) is 3.37. The Kier molecular flexibility index (Phi) is 4.59. The zero-order valence-electron chi connectivity index (χ0n) is 9.36. The number of nitrogens with zero attached hydrogens (tertiary/aromatic N) is 1. The van der Waals surface area contributed by atoms with Crippen LogP contribution in [0.5, 0.6) is 11.5 Å². The van der Waals surface area contributed by atoms with Crippen LogP contribution in [-0.4, -0.2) is 26.5 Å². The molecule has 1 aromatic carbocycles. The van der Waals surface area contributed by atoms with Crippen LogP contribution < -0.4 is 20.6 Å². The smallest absolute Gasteiger partial charge is 0.332 e. The maximum Gasteiger partial charge on any atom is 0.332 e. The fourth-order valence-corrected chi connectivity index (χ4v) is 1.40. The van der Waals surface area contributed by atoms with Crippen molar-refractivity contribution in [2.45, 2.75) is 0 Å². The van der Waals surface area contributed by atoms with Crippen molar-refractivity contribution >= 4 is 23.8 Å². The molecule has 0 atom stereocenters. The lowest BCUT2D eigenvalue weighted by Gasteiger charge is -2.08. The summed E-state index contributed by atoms with van der Waals surface area (Å²) in [6, 6.07) is 2.47. The van der Waals surface area contributed by atoms with E-state index in [1.807, 2.05) is 0 Å². The van der Waals surface area contributed by atoms with Gasteiger partial charge in [-0.3, -0.25) is 0 Å². The summed E-state index contributed by atoms with van der Waals surface area (Å²) in [5.41, 5.74) is 7.52. The van der Waals surface area contributed by atoms with E-state index in [0.717, 1.165) is 0 Å². The van der Waals surface area contributed by atoms with Crippen molar-refractivity contribution in [3.63, 3.8) is 0 Å². The zero-order chi connectivity index (χ0) is 12.8. The van der Waals surface area contributed by atoms with Gasteiger partial charge in [0.2, 0.25) is 0 Å². The second kappa shape index (κ2) is 5.95. The lowest BCUT2D eigenvalue weighted by molar-refractivity contribution is 0.249. The SMILES string of the molecule is COc1cc(OC)c(C=NNC(N)=O)cc1Cl. The van der Waals surface area contributed by atoms with Crippen molar-refractivity contribution in [1.82, 2.24) is 5.43 Å². The maximum atomic E-state index is 10.4. The molecule has 0 aliphatic heterocycles. The molecule has 0 aliphatic rings. The quantitative estimate of drug-likeness (QED) is 0.631. The number of hydrazone groups is 1. The third-order valence-corrected chi connectivity index (χ3v) is 2.18. The van der Waals surface area contributed by atoms with E-state index >= 15 is 0 Å². The lowest BCUT2D eigenvalue weighted by atomic mass is 10.2. The lowest BCUT2D eigenvalue weighted by Crippen LogP contribution is -2.24. The number of rotatable bonds is 4. The topological polar surface area (TPSA) is 85.9 Å². The Morgan fingerprint density at radius 3 is 2.59 bits per heavy atom. The number of carbonyl (C=O) groups is 1. The minimum absolute atomic E-state index is 0.411. The summed E-state index contributed by atoms with van der Waals surface area (Å²) in [6.45, 7) is 0. The van der Waals surface area contributed by atoms with E-state index in [9.17, 15) is 4.79 Å². The Morgan fingerprint density at radius 1 is 1.41 bits per heavy atom. The summed E-state index contributed by atoms with van der Waals surface area (Å²) >= 11 is 5.95. The highest BCUT2D eigenvalue weighted by Gasteiger charge is 2.08. The van der Waals surface area contributed by atoms with Crippen molar-refractivity contribution in [2.24, 2.45) is 10.8 Å². The summed E-state index contributed by atoms with van der Waals surface area (Å²) in [7, 11) is 3.00. The van der Waals surface area contributed by atoms with Gasteiger partial charge in [-0.25, -0.2) is 10.2 Å². The van der Waals surface area contributed by atoms with Crippen LogP contribution in [0.1, 0.15) is 5.56 Å². The van der Waals surface area contributed by atoms with Crippen LogP contribution in [0.25, 0.3) is 0 Å². The van der Waals surface area contributed by atoms with E-state index in [1.165, 1.54) is 20.4 Å². The number of primary amides is 1. The monoisotopic (exact) mass is 257 g/mol. The number of methoxy groups -OCH3 is 2. The maximum absolute atomic E-state index is 10.4. The molecule has 0 bridgehead atoms. The third-order valence-electron chi connectivity index (χ3n) is 1.88. The van der Waals surface area contributed by atoms with Gasteiger partial charge in [-0.05, 0) is 6.07 Å². The second-order valence-electron chi connectivity index (χ2n) is 2.96. The standard InChI is InChI=1S/C10H12ClN3O3/c1-16-8-4-9(17-2)7(11)3-6(8)5-13-14-10(12)15/h3-5H,1-2H3,(H3,12,14,15). The number of benzene rings is 1. The molecule has 0 aromatic heterocycles. The van der Waals surface area contributed by atoms with Crippen molar-refractivity contribution in [1.29, 1.82) is 0 Å². The molecule has 0 heterocycles. The molecule has 0 fully saturated rings. The molecule has 17 heavy (non-hydrogen) atoms. The predicted molar refractivity (Wildman–Crippen MR) is 64.9 cm³/mol. The van der Waals surface area contributed by atoms with Crippen LogP contribution in [0.2, 0.25) is 5.02 Å². The molecule has 0 saturated heterocycles. The number of nitrogens with two attached hydrogens (primary N) is 1. The van der Waals surface area contributed by atoms with Gasteiger partial charge in [0.15, 0.2) is 0 Å². The first kappa shape index (κ1) is 13.1. The van der Waals surface area contributed by atoms with Crippen LogP contribution >= 0.6 is 11.6 Å². The number of hydrogen-bond donors (Lipinski definition) is 2. The number of urea groups is 1. The minimum atomic E-state index is -0.750. The average Bonchev–Trinajstić information content (AvgIpc) is 2.29. The highest BCUT2D eigenvalue weighted by Crippen LogP contribution is 2.31. The van der Waals surface area contributed by atoms with Crippen molar-refractivity contribution in [3.05, 3.63) is 22.7 Å². The molecule has 0 unspecified atom stereocenters. The Labute approximate surface area is 103 Å². The molecule has 7 heteroatoms. The summed E-state index contributed by atoms with van der Waals surface area (Å²) in [5, 5.41) is 4.03. The van der Waals surface area contributed by atoms with E-state index in [2.05, 4.69) is 10.5 Å². The predicted octanol–water partition coefficient (Wildman–Crippen LogP) is 1.36. The first-order chi connectivity index (χ1) is 8.08. The van der Waals surface area contributed by atoms with Gasteiger partial charge < -0.3 is 15.2 Å². The van der Waals surface area contributed by atoms with Gasteiger partial charge in [0, 0.05) is 11.6 Å². The highest BCUT2D eigenvalue weighted by molar-refractivity contribution is 6.32. The van der Waals surface area contributed by atoms with E-state index in [4.69, 9.17) is 26.8 Å². The first-order valence-electron chi connectivity index (χ1n) is 4.58. The largest absolute Gasteiger partial charge is 0.496 e. The van der Waals surface area contributed by atoms with Gasteiger partial charge in [0.1, 0.15) is 11.5 Å². The number of nitrogens with one attached hydrogen (secondary N) is 1. The number of amides is 2. The molecule has 3 N–H and O–H groups in total. The zero-order valence-corrected chi connectivity index (χ0v) is 10.1. The summed E-state index contributed by atoms with van der Waals surface area (Å²) < 4.78 is 10.2. The van der Waals surface area contributed by atoms with Crippen LogP contribution in [-0.2, 0) is 0 Å². The number of halogens is 1. The molecule has 6 nitrogen and oxygen atoms in total. The Balaban J connectivity index is 3.02. The molecule has 92 valence electrons. The van der Waals surface area contributed by atoms with Crippen molar-refractivity contribution in [2.75, 3.05) is 14.2 Å².